The van der Waals surface area contributed by atoms with E-state index < -0.39 is 0 Å². The van der Waals surface area contributed by atoms with Crippen molar-refractivity contribution >= 4 is 38.6 Å². The van der Waals surface area contributed by atoms with E-state index in [2.05, 4.69) is 241 Å². The Morgan fingerprint density at radius 2 is 0.632 bits per heavy atom. The van der Waals surface area contributed by atoms with Gasteiger partial charge in [-0.2, -0.15) is 0 Å². The van der Waals surface area contributed by atoms with E-state index in [1.165, 1.54) is 71.6 Å². The number of anilines is 3. The molecule has 0 unspecified atom stereocenters. The minimum atomic E-state index is 1.09. The van der Waals surface area contributed by atoms with Crippen molar-refractivity contribution in [2.45, 2.75) is 0 Å². The molecule has 0 aliphatic rings. The largest absolute Gasteiger partial charge is 0.309 e. The third-order valence-electron chi connectivity index (χ3n) is 11.0. The Bertz CT molecular complexity index is 2920. The summed E-state index contributed by atoms with van der Waals surface area (Å²) in [5.41, 5.74) is 15.3. The average molecular weight is 726 g/mol. The molecule has 0 amide bonds. The van der Waals surface area contributed by atoms with Crippen LogP contribution in [-0.4, -0.2) is 0 Å². The van der Waals surface area contributed by atoms with Gasteiger partial charge < -0.3 is 4.90 Å². The van der Waals surface area contributed by atoms with Crippen LogP contribution in [0.4, 0.5) is 17.1 Å². The zero-order chi connectivity index (χ0) is 38.0. The number of para-hydroxylation sites is 2. The molecular formula is C56H39N. The van der Waals surface area contributed by atoms with Gasteiger partial charge in [0, 0.05) is 22.5 Å². The van der Waals surface area contributed by atoms with E-state index in [0.717, 1.165) is 22.6 Å². The van der Waals surface area contributed by atoms with Crippen LogP contribution >= 0.6 is 0 Å². The Morgan fingerprint density at radius 1 is 0.228 bits per heavy atom. The fourth-order valence-electron chi connectivity index (χ4n) is 8.47. The number of hydrogen-bond donors (Lipinski definition) is 0. The van der Waals surface area contributed by atoms with Crippen molar-refractivity contribution in [3.05, 3.63) is 237 Å². The SMILES string of the molecule is c1ccc(-c2cccc(-c3ccccc3)c2N(c2ccccc2)c2cccc(-c3ccc4c(c3)c(-c3ccccc3)c(-c3ccccc3)c3ccccc34)c2)cc1. The molecule has 0 aliphatic carbocycles. The van der Waals surface area contributed by atoms with Crippen LogP contribution in [0.25, 0.3) is 77.2 Å². The molecule has 0 bridgehead atoms. The molecule has 0 fully saturated rings. The summed E-state index contributed by atoms with van der Waals surface area (Å²) in [6, 6.07) is 85.6. The lowest BCUT2D eigenvalue weighted by Gasteiger charge is -2.30. The predicted molar refractivity (Wildman–Crippen MR) is 243 cm³/mol. The van der Waals surface area contributed by atoms with Crippen LogP contribution in [0.15, 0.2) is 237 Å². The zero-order valence-corrected chi connectivity index (χ0v) is 31.5. The van der Waals surface area contributed by atoms with Gasteiger partial charge in [-0.15, -0.1) is 0 Å². The van der Waals surface area contributed by atoms with Crippen LogP contribution in [0, 0.1) is 0 Å². The monoisotopic (exact) mass is 725 g/mol. The summed E-state index contributed by atoms with van der Waals surface area (Å²) in [6.45, 7) is 0. The first-order valence-corrected chi connectivity index (χ1v) is 19.6. The minimum Gasteiger partial charge on any atom is -0.309 e. The second-order valence-electron chi connectivity index (χ2n) is 14.4. The lowest BCUT2D eigenvalue weighted by Crippen LogP contribution is -2.12. The summed E-state index contributed by atoms with van der Waals surface area (Å²) >= 11 is 0. The molecule has 0 saturated carbocycles. The van der Waals surface area contributed by atoms with Gasteiger partial charge in [-0.1, -0.05) is 206 Å². The molecule has 0 atom stereocenters. The van der Waals surface area contributed by atoms with E-state index in [9.17, 15) is 0 Å². The Labute approximate surface area is 334 Å². The highest BCUT2D eigenvalue weighted by Crippen LogP contribution is 2.48. The standard InChI is InChI=1S/C56H39N/c1-6-20-40(21-7-1)48-34-19-35-49(41-22-8-2-9-23-41)56(48)57(46-29-14-5-15-30-46)47-31-18-28-44(38-47)45-36-37-51-50-32-16-17-33-52(50)54(42-24-10-3-11-25-42)55(53(51)39-45)43-26-12-4-13-27-43/h1-39H. The zero-order valence-electron chi connectivity index (χ0n) is 31.5. The number of nitrogens with zero attached hydrogens (tertiary/aromatic N) is 1. The van der Waals surface area contributed by atoms with Crippen LogP contribution in [0.5, 0.6) is 0 Å². The molecular weight excluding hydrogens is 687 g/mol. The summed E-state index contributed by atoms with van der Waals surface area (Å²) in [7, 11) is 0. The van der Waals surface area contributed by atoms with Gasteiger partial charge in [0.1, 0.15) is 0 Å². The van der Waals surface area contributed by atoms with Crippen molar-refractivity contribution in [1.82, 2.24) is 0 Å². The van der Waals surface area contributed by atoms with Gasteiger partial charge in [-0.25, -0.2) is 0 Å². The molecule has 10 aromatic carbocycles. The van der Waals surface area contributed by atoms with Gasteiger partial charge in [0.2, 0.25) is 0 Å². The van der Waals surface area contributed by atoms with Crippen LogP contribution in [-0.2, 0) is 0 Å². The molecule has 57 heavy (non-hydrogen) atoms. The van der Waals surface area contributed by atoms with E-state index >= 15 is 0 Å². The molecule has 0 heterocycles. The lowest BCUT2D eigenvalue weighted by molar-refractivity contribution is 1.28. The van der Waals surface area contributed by atoms with E-state index in [1.54, 1.807) is 0 Å². The van der Waals surface area contributed by atoms with Crippen LogP contribution in [0.1, 0.15) is 0 Å². The maximum atomic E-state index is 2.44. The molecule has 268 valence electrons. The molecule has 0 aliphatic heterocycles. The highest BCUT2D eigenvalue weighted by atomic mass is 15.1. The third kappa shape index (κ3) is 6.36. The van der Waals surface area contributed by atoms with Crippen LogP contribution < -0.4 is 4.90 Å². The van der Waals surface area contributed by atoms with Gasteiger partial charge in [0.15, 0.2) is 0 Å². The third-order valence-corrected chi connectivity index (χ3v) is 11.0. The summed E-state index contributed by atoms with van der Waals surface area (Å²) in [4.78, 5) is 2.44. The highest BCUT2D eigenvalue weighted by molar-refractivity contribution is 6.22. The van der Waals surface area contributed by atoms with Crippen molar-refractivity contribution in [3.63, 3.8) is 0 Å². The van der Waals surface area contributed by atoms with Gasteiger partial charge in [0.05, 0.1) is 5.69 Å². The quantitative estimate of drug-likeness (QED) is 0.141. The van der Waals surface area contributed by atoms with Crippen LogP contribution in [0.2, 0.25) is 0 Å². The lowest BCUT2D eigenvalue weighted by atomic mass is 9.84. The topological polar surface area (TPSA) is 3.24 Å². The number of hydrogen-bond acceptors (Lipinski definition) is 1. The summed E-state index contributed by atoms with van der Waals surface area (Å²) in [5.74, 6) is 0. The van der Waals surface area contributed by atoms with E-state index in [4.69, 9.17) is 0 Å². The molecule has 1 nitrogen and oxygen atoms in total. The van der Waals surface area contributed by atoms with Crippen molar-refractivity contribution in [2.75, 3.05) is 4.90 Å². The van der Waals surface area contributed by atoms with Crippen molar-refractivity contribution in [1.29, 1.82) is 0 Å². The fraction of sp³-hybridized carbons (Fsp3) is 0. The van der Waals surface area contributed by atoms with Gasteiger partial charge in [0.25, 0.3) is 0 Å². The first kappa shape index (κ1) is 34.0. The van der Waals surface area contributed by atoms with Gasteiger partial charge in [-0.3, -0.25) is 0 Å². The fourth-order valence-corrected chi connectivity index (χ4v) is 8.47. The van der Waals surface area contributed by atoms with Gasteiger partial charge in [-0.05, 0) is 96.4 Å². The summed E-state index contributed by atoms with van der Waals surface area (Å²) < 4.78 is 0. The first-order valence-electron chi connectivity index (χ1n) is 19.6. The molecule has 0 aromatic heterocycles. The molecule has 0 N–H and O–H groups in total. The molecule has 0 saturated heterocycles. The summed E-state index contributed by atoms with van der Waals surface area (Å²) in [6.07, 6.45) is 0. The average Bonchev–Trinajstić information content (AvgIpc) is 3.30. The Balaban J connectivity index is 1.22. The minimum absolute atomic E-state index is 1.09. The normalized spacial score (nSPS) is 11.2. The molecule has 0 radical (unpaired) electrons. The van der Waals surface area contributed by atoms with Crippen molar-refractivity contribution < 1.29 is 0 Å². The smallest absolute Gasteiger partial charge is 0.0618 e. The molecule has 10 rings (SSSR count). The first-order chi connectivity index (χ1) is 28.3. The second kappa shape index (κ2) is 15.0. The summed E-state index contributed by atoms with van der Waals surface area (Å²) in [5, 5.41) is 5.00. The molecule has 10 aromatic rings. The number of fused-ring (bicyclic) bond motifs is 3. The Hall–Kier alpha value is -7.48. The van der Waals surface area contributed by atoms with E-state index in [-0.39, 0.29) is 0 Å². The number of rotatable bonds is 8. The Kier molecular flexibility index (Phi) is 8.95. The number of benzene rings is 10. The van der Waals surface area contributed by atoms with E-state index in [1.807, 2.05) is 0 Å². The highest BCUT2D eigenvalue weighted by Gasteiger charge is 2.23. The Morgan fingerprint density at radius 3 is 1.21 bits per heavy atom. The molecule has 1 heteroatoms. The van der Waals surface area contributed by atoms with Crippen molar-refractivity contribution in [3.8, 4) is 55.6 Å². The molecule has 0 spiro atoms. The van der Waals surface area contributed by atoms with Crippen LogP contribution in [0.3, 0.4) is 0 Å². The maximum Gasteiger partial charge on any atom is 0.0618 e. The predicted octanol–water partition coefficient (Wildman–Crippen LogP) is 15.8. The maximum absolute atomic E-state index is 2.44. The van der Waals surface area contributed by atoms with E-state index in [0.29, 0.717) is 0 Å². The van der Waals surface area contributed by atoms with Crippen molar-refractivity contribution in [2.24, 2.45) is 0 Å². The second-order valence-corrected chi connectivity index (χ2v) is 14.4. The van der Waals surface area contributed by atoms with Gasteiger partial charge >= 0.3 is 0 Å².